The molecule has 0 saturated carbocycles. The molecule has 2 rings (SSSR count). The van der Waals surface area contributed by atoms with Crippen molar-refractivity contribution in [2.24, 2.45) is 5.73 Å². The van der Waals surface area contributed by atoms with E-state index in [1.807, 2.05) is 20.8 Å². The van der Waals surface area contributed by atoms with Crippen molar-refractivity contribution in [3.8, 4) is 10.8 Å². The zero-order valence-corrected chi connectivity index (χ0v) is 11.0. The molecule has 2 N–H and O–H groups in total. The summed E-state index contributed by atoms with van der Waals surface area (Å²) in [5.41, 5.74) is 5.72. The molecule has 0 aliphatic rings. The van der Waals surface area contributed by atoms with Crippen molar-refractivity contribution in [2.75, 3.05) is 0 Å². The highest BCUT2D eigenvalue weighted by atomic mass is 32.1. The van der Waals surface area contributed by atoms with E-state index in [1.165, 1.54) is 11.3 Å². The molecule has 92 valence electrons. The summed E-state index contributed by atoms with van der Waals surface area (Å²) in [7, 11) is 0. The minimum absolute atomic E-state index is 0.499. The molecule has 0 saturated heterocycles. The molecule has 2 aromatic heterocycles. The first kappa shape index (κ1) is 12.2. The van der Waals surface area contributed by atoms with Crippen LogP contribution in [0.1, 0.15) is 37.5 Å². The number of rotatable bonds is 4. The van der Waals surface area contributed by atoms with Crippen molar-refractivity contribution in [1.29, 1.82) is 0 Å². The van der Waals surface area contributed by atoms with Crippen LogP contribution in [-0.2, 0) is 5.54 Å². The molecular formula is C11H16N4OS. The Morgan fingerprint density at radius 1 is 1.41 bits per heavy atom. The number of aromatic nitrogens is 3. The van der Waals surface area contributed by atoms with Crippen LogP contribution in [0.15, 0.2) is 10.7 Å². The van der Waals surface area contributed by atoms with Gasteiger partial charge in [0.15, 0.2) is 5.82 Å². The third kappa shape index (κ3) is 2.23. The number of aryl methyl sites for hydroxylation is 1. The first-order chi connectivity index (χ1) is 8.09. The summed E-state index contributed by atoms with van der Waals surface area (Å²) in [6.07, 6.45) is 3.31. The summed E-state index contributed by atoms with van der Waals surface area (Å²) in [6, 6.07) is 0. The van der Waals surface area contributed by atoms with Gasteiger partial charge in [0.05, 0.1) is 16.7 Å². The number of nitrogens with zero attached hydrogens (tertiary/aromatic N) is 3. The van der Waals surface area contributed by atoms with Crippen LogP contribution in [-0.4, -0.2) is 15.1 Å². The van der Waals surface area contributed by atoms with E-state index < -0.39 is 5.54 Å². The highest BCUT2D eigenvalue weighted by Gasteiger charge is 2.29. The normalized spacial score (nSPS) is 12.0. The van der Waals surface area contributed by atoms with Gasteiger partial charge in [-0.1, -0.05) is 19.0 Å². The van der Waals surface area contributed by atoms with Crippen LogP contribution >= 0.6 is 11.3 Å². The number of hydrogen-bond acceptors (Lipinski definition) is 6. The summed E-state index contributed by atoms with van der Waals surface area (Å²) in [4.78, 5) is 9.42. The summed E-state index contributed by atoms with van der Waals surface area (Å²) < 4.78 is 5.24. The Kier molecular flexibility index (Phi) is 3.26. The van der Waals surface area contributed by atoms with Gasteiger partial charge in [-0.05, 0) is 19.8 Å². The van der Waals surface area contributed by atoms with Gasteiger partial charge in [0.25, 0.3) is 5.89 Å². The molecule has 2 heterocycles. The number of hydrogen-bond donors (Lipinski definition) is 1. The zero-order chi connectivity index (χ0) is 12.5. The standard InChI is InChI=1S/C11H16N4OS/c1-4-11(12,5-2)10-14-9(16-15-10)8-6-13-7(3)17-8/h6H,4-5,12H2,1-3H3. The summed E-state index contributed by atoms with van der Waals surface area (Å²) >= 11 is 1.53. The number of nitrogens with two attached hydrogens (primary N) is 1. The van der Waals surface area contributed by atoms with E-state index in [-0.39, 0.29) is 0 Å². The van der Waals surface area contributed by atoms with E-state index in [2.05, 4.69) is 15.1 Å². The summed E-state index contributed by atoms with van der Waals surface area (Å²) in [6.45, 7) is 5.99. The third-order valence-electron chi connectivity index (χ3n) is 2.97. The van der Waals surface area contributed by atoms with Gasteiger partial charge in [0, 0.05) is 0 Å². The molecule has 2 aromatic rings. The Morgan fingerprint density at radius 2 is 2.12 bits per heavy atom. The van der Waals surface area contributed by atoms with E-state index >= 15 is 0 Å². The third-order valence-corrected chi connectivity index (χ3v) is 3.87. The molecule has 0 aromatic carbocycles. The molecule has 0 bridgehead atoms. The van der Waals surface area contributed by atoms with Gasteiger partial charge >= 0.3 is 0 Å². The predicted molar refractivity (Wildman–Crippen MR) is 66.6 cm³/mol. The van der Waals surface area contributed by atoms with Gasteiger partial charge in [-0.25, -0.2) is 4.98 Å². The van der Waals surface area contributed by atoms with Gasteiger partial charge < -0.3 is 10.3 Å². The Hall–Kier alpha value is -1.27. The van der Waals surface area contributed by atoms with Crippen LogP contribution in [0.4, 0.5) is 0 Å². The fourth-order valence-corrected chi connectivity index (χ4v) is 2.25. The highest BCUT2D eigenvalue weighted by Crippen LogP contribution is 2.28. The summed E-state index contributed by atoms with van der Waals surface area (Å²) in [5, 5.41) is 4.96. The van der Waals surface area contributed by atoms with Crippen LogP contribution in [0.5, 0.6) is 0 Å². The van der Waals surface area contributed by atoms with Crippen LogP contribution in [0.25, 0.3) is 10.8 Å². The maximum atomic E-state index is 6.22. The lowest BCUT2D eigenvalue weighted by atomic mass is 9.94. The second-order valence-electron chi connectivity index (χ2n) is 4.03. The molecule has 6 heteroatoms. The first-order valence-corrected chi connectivity index (χ1v) is 6.46. The predicted octanol–water partition coefficient (Wildman–Crippen LogP) is 2.48. The van der Waals surface area contributed by atoms with Gasteiger partial charge in [-0.2, -0.15) is 4.98 Å². The quantitative estimate of drug-likeness (QED) is 0.904. The van der Waals surface area contributed by atoms with E-state index in [1.54, 1.807) is 6.20 Å². The second-order valence-corrected chi connectivity index (χ2v) is 5.26. The molecule has 0 aliphatic carbocycles. The van der Waals surface area contributed by atoms with E-state index in [0.29, 0.717) is 11.7 Å². The van der Waals surface area contributed by atoms with Crippen molar-refractivity contribution < 1.29 is 4.52 Å². The lowest BCUT2D eigenvalue weighted by molar-refractivity contribution is 0.350. The monoisotopic (exact) mass is 252 g/mol. The van der Waals surface area contributed by atoms with Gasteiger partial charge in [0.2, 0.25) is 0 Å². The second kappa shape index (κ2) is 4.54. The largest absolute Gasteiger partial charge is 0.333 e. The minimum atomic E-state index is -0.499. The van der Waals surface area contributed by atoms with Crippen LogP contribution in [0.2, 0.25) is 0 Å². The van der Waals surface area contributed by atoms with Crippen molar-refractivity contribution in [2.45, 2.75) is 39.2 Å². The summed E-state index contributed by atoms with van der Waals surface area (Å²) in [5.74, 6) is 1.07. The smallest absolute Gasteiger partial charge is 0.269 e. The fraction of sp³-hybridized carbons (Fsp3) is 0.545. The van der Waals surface area contributed by atoms with Crippen molar-refractivity contribution >= 4 is 11.3 Å². The lowest BCUT2D eigenvalue weighted by Gasteiger charge is -2.21. The molecule has 0 amide bonds. The fourth-order valence-electron chi connectivity index (χ4n) is 1.55. The first-order valence-electron chi connectivity index (χ1n) is 5.65. The van der Waals surface area contributed by atoms with Gasteiger partial charge in [-0.15, -0.1) is 11.3 Å². The van der Waals surface area contributed by atoms with Crippen molar-refractivity contribution in [1.82, 2.24) is 15.1 Å². The van der Waals surface area contributed by atoms with E-state index in [4.69, 9.17) is 10.3 Å². The van der Waals surface area contributed by atoms with Crippen LogP contribution in [0, 0.1) is 6.92 Å². The zero-order valence-electron chi connectivity index (χ0n) is 10.2. The topological polar surface area (TPSA) is 77.8 Å². The molecule has 0 atom stereocenters. The average Bonchev–Trinajstić information content (AvgIpc) is 2.96. The molecule has 0 fully saturated rings. The lowest BCUT2D eigenvalue weighted by Crippen LogP contribution is -2.36. The maximum Gasteiger partial charge on any atom is 0.269 e. The molecule has 0 spiro atoms. The van der Waals surface area contributed by atoms with Gasteiger partial charge in [0.1, 0.15) is 4.88 Å². The SMILES string of the molecule is CCC(N)(CC)c1noc(-c2cnc(C)s2)n1. The van der Waals surface area contributed by atoms with Crippen molar-refractivity contribution in [3.63, 3.8) is 0 Å². The number of thiazole rings is 1. The van der Waals surface area contributed by atoms with Crippen molar-refractivity contribution in [3.05, 3.63) is 17.0 Å². The van der Waals surface area contributed by atoms with Crippen LogP contribution < -0.4 is 5.73 Å². The van der Waals surface area contributed by atoms with Crippen LogP contribution in [0.3, 0.4) is 0 Å². The maximum absolute atomic E-state index is 6.22. The molecule has 17 heavy (non-hydrogen) atoms. The molecule has 5 nitrogen and oxygen atoms in total. The Morgan fingerprint density at radius 3 is 2.65 bits per heavy atom. The molecular weight excluding hydrogens is 236 g/mol. The minimum Gasteiger partial charge on any atom is -0.333 e. The van der Waals surface area contributed by atoms with E-state index in [0.717, 1.165) is 22.7 Å². The average molecular weight is 252 g/mol. The molecule has 0 unspecified atom stereocenters. The molecule has 0 aliphatic heterocycles. The highest BCUT2D eigenvalue weighted by molar-refractivity contribution is 7.14. The van der Waals surface area contributed by atoms with Gasteiger partial charge in [-0.3, -0.25) is 0 Å². The van der Waals surface area contributed by atoms with E-state index in [9.17, 15) is 0 Å². The Balaban J connectivity index is 2.33. The molecule has 0 radical (unpaired) electrons. The Bertz CT molecular complexity index is 501. The Labute approximate surface area is 104 Å².